The predicted molar refractivity (Wildman–Crippen MR) is 77.5 cm³/mol. The van der Waals surface area contributed by atoms with E-state index in [4.69, 9.17) is 0 Å². The molecule has 1 heterocycles. The normalized spacial score (nSPS) is 23.5. The summed E-state index contributed by atoms with van der Waals surface area (Å²) in [6.45, 7) is 4.63. The molecule has 6 nitrogen and oxygen atoms in total. The van der Waals surface area contributed by atoms with Gasteiger partial charge in [0.25, 0.3) is 0 Å². The zero-order chi connectivity index (χ0) is 15.4. The van der Waals surface area contributed by atoms with E-state index in [1.165, 1.54) is 0 Å². The number of aliphatic carboxylic acids is 1. The van der Waals surface area contributed by atoms with Gasteiger partial charge in [0.05, 0.1) is 23.6 Å². The quantitative estimate of drug-likeness (QED) is 0.869. The summed E-state index contributed by atoms with van der Waals surface area (Å²) < 4.78 is 1.83. The molecule has 1 saturated carbocycles. The number of nitrogens with one attached hydrogen (secondary N) is 1. The van der Waals surface area contributed by atoms with E-state index in [1.54, 1.807) is 6.20 Å². The summed E-state index contributed by atoms with van der Waals surface area (Å²) in [5.74, 6) is -1.99. The van der Waals surface area contributed by atoms with Gasteiger partial charge in [0.2, 0.25) is 5.91 Å². The van der Waals surface area contributed by atoms with Gasteiger partial charge in [-0.2, -0.15) is 5.10 Å². The molecule has 0 aliphatic heterocycles. The van der Waals surface area contributed by atoms with Crippen LogP contribution in [0, 0.1) is 11.8 Å². The van der Waals surface area contributed by atoms with Crippen molar-refractivity contribution in [3.63, 3.8) is 0 Å². The molecular weight excluding hydrogens is 270 g/mol. The van der Waals surface area contributed by atoms with Gasteiger partial charge in [0.1, 0.15) is 0 Å². The fraction of sp³-hybridized carbons (Fsp3) is 0.667. The van der Waals surface area contributed by atoms with Crippen LogP contribution in [0.4, 0.5) is 0 Å². The molecule has 1 aliphatic rings. The Balaban J connectivity index is 2.04. The van der Waals surface area contributed by atoms with Crippen LogP contribution in [0.2, 0.25) is 0 Å². The van der Waals surface area contributed by atoms with Gasteiger partial charge in [0, 0.05) is 12.7 Å². The van der Waals surface area contributed by atoms with E-state index in [1.807, 2.05) is 24.6 Å². The van der Waals surface area contributed by atoms with Crippen LogP contribution in [0.15, 0.2) is 12.3 Å². The van der Waals surface area contributed by atoms with Crippen molar-refractivity contribution in [1.82, 2.24) is 15.1 Å². The fourth-order valence-corrected chi connectivity index (χ4v) is 3.11. The largest absolute Gasteiger partial charge is 0.481 e. The van der Waals surface area contributed by atoms with Gasteiger partial charge in [-0.25, -0.2) is 0 Å². The Morgan fingerprint density at radius 1 is 1.43 bits per heavy atom. The Kier molecular flexibility index (Phi) is 4.98. The molecule has 3 atom stereocenters. The summed E-state index contributed by atoms with van der Waals surface area (Å²) in [7, 11) is 0. The maximum Gasteiger partial charge on any atom is 0.307 e. The van der Waals surface area contributed by atoms with Crippen LogP contribution in [-0.4, -0.2) is 26.8 Å². The van der Waals surface area contributed by atoms with E-state index in [9.17, 15) is 14.7 Å². The van der Waals surface area contributed by atoms with Gasteiger partial charge in [-0.3, -0.25) is 14.3 Å². The second kappa shape index (κ2) is 6.74. The minimum atomic E-state index is -0.860. The first-order chi connectivity index (χ1) is 10.0. The van der Waals surface area contributed by atoms with Gasteiger partial charge < -0.3 is 10.4 Å². The Morgan fingerprint density at radius 3 is 2.71 bits per heavy atom. The number of carbonyl (C=O) groups is 2. The number of hydrogen-bond acceptors (Lipinski definition) is 3. The standard InChI is InChI=1S/C15H23N3O3/c1-3-18-13(8-9-16-18)10(2)17-14(19)11-6-4-5-7-12(11)15(20)21/h8-12H,3-7H2,1-2H3,(H,17,19)(H,20,21)/t10-,11-,12+/m1/s1. The first-order valence-corrected chi connectivity index (χ1v) is 7.59. The number of aryl methyl sites for hydroxylation is 1. The average molecular weight is 293 g/mol. The van der Waals surface area contributed by atoms with Crippen LogP contribution in [0.5, 0.6) is 0 Å². The molecule has 1 amide bonds. The Morgan fingerprint density at radius 2 is 2.10 bits per heavy atom. The highest BCUT2D eigenvalue weighted by molar-refractivity contribution is 5.85. The number of carbonyl (C=O) groups excluding carboxylic acids is 1. The molecule has 116 valence electrons. The van der Waals surface area contributed by atoms with Crippen molar-refractivity contribution < 1.29 is 14.7 Å². The van der Waals surface area contributed by atoms with Crippen molar-refractivity contribution in [2.24, 2.45) is 11.8 Å². The van der Waals surface area contributed by atoms with Crippen molar-refractivity contribution in [3.05, 3.63) is 18.0 Å². The third-order valence-electron chi connectivity index (χ3n) is 4.27. The third-order valence-corrected chi connectivity index (χ3v) is 4.27. The van der Waals surface area contributed by atoms with E-state index >= 15 is 0 Å². The van der Waals surface area contributed by atoms with E-state index in [0.29, 0.717) is 12.8 Å². The summed E-state index contributed by atoms with van der Waals surface area (Å²) in [5, 5.41) is 16.4. The van der Waals surface area contributed by atoms with E-state index in [0.717, 1.165) is 25.1 Å². The molecule has 1 fully saturated rings. The van der Waals surface area contributed by atoms with Gasteiger partial charge >= 0.3 is 5.97 Å². The van der Waals surface area contributed by atoms with Crippen molar-refractivity contribution in [1.29, 1.82) is 0 Å². The minimum absolute atomic E-state index is 0.154. The first kappa shape index (κ1) is 15.5. The first-order valence-electron chi connectivity index (χ1n) is 7.59. The summed E-state index contributed by atoms with van der Waals surface area (Å²) in [5.41, 5.74) is 0.938. The topological polar surface area (TPSA) is 84.2 Å². The average Bonchev–Trinajstić information content (AvgIpc) is 2.95. The van der Waals surface area contributed by atoms with Crippen molar-refractivity contribution in [2.75, 3.05) is 0 Å². The molecule has 2 N–H and O–H groups in total. The molecule has 1 aliphatic carbocycles. The predicted octanol–water partition coefficient (Wildman–Crippen LogP) is 1.97. The van der Waals surface area contributed by atoms with Gasteiger partial charge in [-0.1, -0.05) is 12.8 Å². The Labute approximate surface area is 124 Å². The lowest BCUT2D eigenvalue weighted by molar-refractivity contribution is -0.149. The van der Waals surface area contributed by atoms with Crippen LogP contribution >= 0.6 is 0 Å². The number of amides is 1. The van der Waals surface area contributed by atoms with Crippen LogP contribution in [-0.2, 0) is 16.1 Å². The summed E-state index contributed by atoms with van der Waals surface area (Å²) in [6, 6.07) is 1.71. The highest BCUT2D eigenvalue weighted by Gasteiger charge is 2.36. The lowest BCUT2D eigenvalue weighted by atomic mass is 9.78. The molecule has 0 bridgehead atoms. The summed E-state index contributed by atoms with van der Waals surface area (Å²) in [4.78, 5) is 23.7. The Hall–Kier alpha value is -1.85. The molecule has 1 aromatic rings. The smallest absolute Gasteiger partial charge is 0.307 e. The van der Waals surface area contributed by atoms with Crippen molar-refractivity contribution in [3.8, 4) is 0 Å². The second-order valence-electron chi connectivity index (χ2n) is 5.64. The number of carboxylic acids is 1. The maximum atomic E-state index is 12.4. The SMILES string of the molecule is CCn1nccc1[C@@H](C)NC(=O)[C@@H]1CCCC[C@@H]1C(=O)O. The number of aromatic nitrogens is 2. The molecule has 0 aromatic carbocycles. The highest BCUT2D eigenvalue weighted by Crippen LogP contribution is 2.31. The number of rotatable bonds is 5. The lowest BCUT2D eigenvalue weighted by Gasteiger charge is -2.28. The minimum Gasteiger partial charge on any atom is -0.481 e. The van der Waals surface area contributed by atoms with Crippen LogP contribution in [0.25, 0.3) is 0 Å². The van der Waals surface area contributed by atoms with Gasteiger partial charge in [0.15, 0.2) is 0 Å². The molecule has 0 spiro atoms. The van der Waals surface area contributed by atoms with Crippen molar-refractivity contribution in [2.45, 2.75) is 52.1 Å². The van der Waals surface area contributed by atoms with Gasteiger partial charge in [-0.15, -0.1) is 0 Å². The fourth-order valence-electron chi connectivity index (χ4n) is 3.11. The number of carboxylic acid groups (broad SMARTS) is 1. The van der Waals surface area contributed by atoms with E-state index < -0.39 is 17.8 Å². The second-order valence-corrected chi connectivity index (χ2v) is 5.64. The molecule has 0 unspecified atom stereocenters. The molecule has 1 aromatic heterocycles. The molecule has 6 heteroatoms. The van der Waals surface area contributed by atoms with Gasteiger partial charge in [-0.05, 0) is 32.8 Å². The third kappa shape index (κ3) is 3.43. The number of nitrogens with zero attached hydrogens (tertiary/aromatic N) is 2. The van der Waals surface area contributed by atoms with Crippen LogP contribution < -0.4 is 5.32 Å². The zero-order valence-electron chi connectivity index (χ0n) is 12.6. The Bertz CT molecular complexity index is 512. The van der Waals surface area contributed by atoms with E-state index in [2.05, 4.69) is 10.4 Å². The molecule has 21 heavy (non-hydrogen) atoms. The number of hydrogen-bond donors (Lipinski definition) is 2. The lowest BCUT2D eigenvalue weighted by Crippen LogP contribution is -2.41. The zero-order valence-corrected chi connectivity index (χ0v) is 12.6. The highest BCUT2D eigenvalue weighted by atomic mass is 16.4. The summed E-state index contributed by atoms with van der Waals surface area (Å²) >= 11 is 0. The molecule has 0 radical (unpaired) electrons. The molecule has 2 rings (SSSR count). The molecule has 0 saturated heterocycles. The monoisotopic (exact) mass is 293 g/mol. The van der Waals surface area contributed by atoms with E-state index in [-0.39, 0.29) is 11.9 Å². The molecular formula is C15H23N3O3. The van der Waals surface area contributed by atoms with Crippen LogP contribution in [0.1, 0.15) is 51.3 Å². The summed E-state index contributed by atoms with van der Waals surface area (Å²) in [6.07, 6.45) is 4.77. The maximum absolute atomic E-state index is 12.4. The van der Waals surface area contributed by atoms with Crippen molar-refractivity contribution >= 4 is 11.9 Å². The van der Waals surface area contributed by atoms with Crippen LogP contribution in [0.3, 0.4) is 0 Å².